The van der Waals surface area contributed by atoms with Crippen LogP contribution in [-0.4, -0.2) is 22.8 Å². The first kappa shape index (κ1) is 17.8. The summed E-state index contributed by atoms with van der Waals surface area (Å²) in [6.07, 6.45) is 1.44. The summed E-state index contributed by atoms with van der Waals surface area (Å²) in [5.41, 5.74) is 1.58. The Morgan fingerprint density at radius 1 is 1.08 bits per heavy atom. The van der Waals surface area contributed by atoms with Crippen LogP contribution >= 0.6 is 0 Å². The number of nitrogens with one attached hydrogen (secondary N) is 1. The van der Waals surface area contributed by atoms with Crippen molar-refractivity contribution >= 4 is 16.7 Å². The Morgan fingerprint density at radius 2 is 1.65 bits per heavy atom. The lowest BCUT2D eigenvalue weighted by Crippen LogP contribution is -2.30. The minimum absolute atomic E-state index is 0.0458. The maximum absolute atomic E-state index is 13.7. The molecule has 0 aliphatic carbocycles. The van der Waals surface area contributed by atoms with Gasteiger partial charge in [-0.25, -0.2) is 8.78 Å². The fourth-order valence-corrected chi connectivity index (χ4v) is 2.90. The molecule has 1 amide bonds. The van der Waals surface area contributed by atoms with Crippen molar-refractivity contribution in [3.05, 3.63) is 81.3 Å². The predicted octanol–water partition coefficient (Wildman–Crippen LogP) is 3.95. The molecule has 3 aromatic rings. The summed E-state index contributed by atoms with van der Waals surface area (Å²) in [7, 11) is 1.63. The molecule has 1 aromatic heterocycles. The second-order valence-electron chi connectivity index (χ2n) is 6.34. The molecule has 3 rings (SSSR count). The number of aromatic nitrogens is 1. The van der Waals surface area contributed by atoms with Gasteiger partial charge in [0.05, 0.1) is 11.4 Å². The Bertz CT molecular complexity index is 1040. The highest BCUT2D eigenvalue weighted by Gasteiger charge is 2.22. The minimum atomic E-state index is -1.09. The number of aryl methyl sites for hydroxylation is 1. The number of amides is 1. The third kappa shape index (κ3) is 3.10. The van der Waals surface area contributed by atoms with Crippen molar-refractivity contribution in [1.29, 1.82) is 0 Å². The van der Waals surface area contributed by atoms with E-state index >= 15 is 0 Å². The number of fused-ring (bicyclic) bond motifs is 1. The molecule has 2 aromatic carbocycles. The van der Waals surface area contributed by atoms with Gasteiger partial charge in [-0.2, -0.15) is 0 Å². The SMILES string of the molecule is Cc1ccc(C(=O)N(C)C(C)c2c[nH]c(=O)c3cc(F)c(F)cc23)cc1. The van der Waals surface area contributed by atoms with E-state index in [2.05, 4.69) is 4.98 Å². The Labute approximate surface area is 149 Å². The van der Waals surface area contributed by atoms with Crippen molar-refractivity contribution in [2.45, 2.75) is 19.9 Å². The fourth-order valence-electron chi connectivity index (χ4n) is 2.90. The summed E-state index contributed by atoms with van der Waals surface area (Å²) in [6, 6.07) is 8.57. The molecular formula is C20H18F2N2O2. The standard InChI is InChI=1S/C20H18F2N2O2/c1-11-4-6-13(7-5-11)20(26)24(3)12(2)16-10-23-19(25)15-9-18(22)17(21)8-14(15)16/h4-10,12H,1-3H3,(H,23,25). The fraction of sp³-hybridized carbons (Fsp3) is 0.200. The van der Waals surface area contributed by atoms with Crippen molar-refractivity contribution in [2.24, 2.45) is 0 Å². The number of H-pyrrole nitrogens is 1. The van der Waals surface area contributed by atoms with Crippen LogP contribution in [0.25, 0.3) is 10.8 Å². The number of nitrogens with zero attached hydrogens (tertiary/aromatic N) is 1. The van der Waals surface area contributed by atoms with Gasteiger partial charge in [0.25, 0.3) is 11.5 Å². The first-order valence-corrected chi connectivity index (χ1v) is 8.13. The van der Waals surface area contributed by atoms with Crippen molar-refractivity contribution < 1.29 is 13.6 Å². The van der Waals surface area contributed by atoms with Crippen LogP contribution in [0.1, 0.15) is 34.5 Å². The summed E-state index contributed by atoms with van der Waals surface area (Å²) in [4.78, 5) is 28.7. The van der Waals surface area contributed by atoms with E-state index in [4.69, 9.17) is 0 Å². The number of hydrogen-bond donors (Lipinski definition) is 1. The number of benzene rings is 2. The topological polar surface area (TPSA) is 53.2 Å². The number of hydrogen-bond acceptors (Lipinski definition) is 2. The first-order chi connectivity index (χ1) is 12.3. The zero-order valence-corrected chi connectivity index (χ0v) is 14.6. The molecule has 0 bridgehead atoms. The lowest BCUT2D eigenvalue weighted by Gasteiger charge is -2.26. The van der Waals surface area contributed by atoms with Gasteiger partial charge >= 0.3 is 0 Å². The van der Waals surface area contributed by atoms with Crippen LogP contribution in [0.4, 0.5) is 8.78 Å². The lowest BCUT2D eigenvalue weighted by molar-refractivity contribution is 0.0743. The molecule has 0 radical (unpaired) electrons. The van der Waals surface area contributed by atoms with Crippen molar-refractivity contribution in [1.82, 2.24) is 9.88 Å². The molecule has 0 fully saturated rings. The normalized spacial score (nSPS) is 12.2. The molecule has 4 nitrogen and oxygen atoms in total. The van der Waals surface area contributed by atoms with Gasteiger partial charge in [-0.15, -0.1) is 0 Å². The quantitative estimate of drug-likeness (QED) is 0.773. The van der Waals surface area contributed by atoms with Gasteiger partial charge in [0, 0.05) is 18.8 Å². The average molecular weight is 356 g/mol. The van der Waals surface area contributed by atoms with E-state index < -0.39 is 23.2 Å². The highest BCUT2D eigenvalue weighted by atomic mass is 19.2. The van der Waals surface area contributed by atoms with E-state index in [0.29, 0.717) is 11.1 Å². The molecule has 134 valence electrons. The van der Waals surface area contributed by atoms with Crippen molar-refractivity contribution in [3.8, 4) is 0 Å². The van der Waals surface area contributed by atoms with Gasteiger partial charge in [0.2, 0.25) is 0 Å². The molecule has 1 N–H and O–H groups in total. The summed E-state index contributed by atoms with van der Waals surface area (Å²) in [5, 5.41) is 0.327. The molecule has 1 heterocycles. The highest BCUT2D eigenvalue weighted by Crippen LogP contribution is 2.27. The third-order valence-corrected chi connectivity index (χ3v) is 4.62. The van der Waals surface area contributed by atoms with Gasteiger partial charge < -0.3 is 9.88 Å². The zero-order valence-electron chi connectivity index (χ0n) is 14.6. The Morgan fingerprint density at radius 3 is 2.27 bits per heavy atom. The molecular weight excluding hydrogens is 338 g/mol. The number of carbonyl (C=O) groups excluding carboxylic acids is 1. The molecule has 6 heteroatoms. The van der Waals surface area contributed by atoms with Gasteiger partial charge in [-0.3, -0.25) is 9.59 Å². The number of rotatable bonds is 3. The molecule has 0 aliphatic rings. The van der Waals surface area contributed by atoms with Crippen molar-refractivity contribution in [3.63, 3.8) is 0 Å². The van der Waals surface area contributed by atoms with Gasteiger partial charge in [0.1, 0.15) is 0 Å². The van der Waals surface area contributed by atoms with Gasteiger partial charge in [-0.1, -0.05) is 17.7 Å². The summed E-state index contributed by atoms with van der Waals surface area (Å²) < 4.78 is 27.2. The average Bonchev–Trinajstić information content (AvgIpc) is 2.62. The summed E-state index contributed by atoms with van der Waals surface area (Å²) >= 11 is 0. The van der Waals surface area contributed by atoms with Crippen molar-refractivity contribution in [2.75, 3.05) is 7.05 Å². The summed E-state index contributed by atoms with van der Waals surface area (Å²) in [5.74, 6) is -2.33. The largest absolute Gasteiger partial charge is 0.335 e. The first-order valence-electron chi connectivity index (χ1n) is 8.13. The molecule has 0 saturated carbocycles. The second kappa shape index (κ2) is 6.71. The monoisotopic (exact) mass is 356 g/mol. The minimum Gasteiger partial charge on any atom is -0.335 e. The van der Waals surface area contributed by atoms with E-state index in [0.717, 1.165) is 17.7 Å². The number of halogens is 2. The Hall–Kier alpha value is -3.02. The van der Waals surface area contributed by atoms with Crippen LogP contribution in [-0.2, 0) is 0 Å². The van der Waals surface area contributed by atoms with E-state index in [1.54, 1.807) is 26.1 Å². The molecule has 0 spiro atoms. The molecule has 0 aliphatic heterocycles. The maximum atomic E-state index is 13.7. The Balaban J connectivity index is 2.04. The van der Waals surface area contributed by atoms with E-state index in [9.17, 15) is 18.4 Å². The number of pyridine rings is 1. The smallest absolute Gasteiger partial charge is 0.255 e. The Kier molecular flexibility index (Phi) is 4.59. The van der Waals surface area contributed by atoms with Gasteiger partial charge in [-0.05, 0) is 49.1 Å². The molecule has 26 heavy (non-hydrogen) atoms. The lowest BCUT2D eigenvalue weighted by atomic mass is 10.0. The van der Waals surface area contributed by atoms with Crippen LogP contribution in [0.3, 0.4) is 0 Å². The van der Waals surface area contributed by atoms with Crippen LogP contribution in [0, 0.1) is 18.6 Å². The summed E-state index contributed by atoms with van der Waals surface area (Å²) in [6.45, 7) is 3.70. The van der Waals surface area contributed by atoms with E-state index in [1.807, 2.05) is 19.1 Å². The van der Waals surface area contributed by atoms with E-state index in [1.165, 1.54) is 11.1 Å². The van der Waals surface area contributed by atoms with Crippen LogP contribution < -0.4 is 5.56 Å². The third-order valence-electron chi connectivity index (χ3n) is 4.62. The molecule has 1 unspecified atom stereocenters. The zero-order chi connectivity index (χ0) is 19.0. The molecule has 0 saturated heterocycles. The van der Waals surface area contributed by atoms with Crippen LogP contribution in [0.2, 0.25) is 0 Å². The highest BCUT2D eigenvalue weighted by molar-refractivity contribution is 5.95. The second-order valence-corrected chi connectivity index (χ2v) is 6.34. The van der Waals surface area contributed by atoms with Gasteiger partial charge in [0.15, 0.2) is 11.6 Å². The maximum Gasteiger partial charge on any atom is 0.255 e. The van der Waals surface area contributed by atoms with E-state index in [-0.39, 0.29) is 16.7 Å². The number of aromatic amines is 1. The van der Waals surface area contributed by atoms with Crippen LogP contribution in [0.15, 0.2) is 47.4 Å². The number of carbonyl (C=O) groups is 1. The predicted molar refractivity (Wildman–Crippen MR) is 96.2 cm³/mol. The molecule has 1 atom stereocenters. The van der Waals surface area contributed by atoms with Crippen LogP contribution in [0.5, 0.6) is 0 Å².